The summed E-state index contributed by atoms with van der Waals surface area (Å²) in [5.74, 6) is 1.05. The van der Waals surface area contributed by atoms with Crippen molar-refractivity contribution in [1.82, 2.24) is 10.3 Å². The zero-order valence-electron chi connectivity index (χ0n) is 10.5. The number of aromatic nitrogens is 1. The van der Waals surface area contributed by atoms with Crippen molar-refractivity contribution < 1.29 is 4.92 Å². The summed E-state index contributed by atoms with van der Waals surface area (Å²) >= 11 is 0. The molecule has 0 radical (unpaired) electrons. The first-order valence-corrected chi connectivity index (χ1v) is 6.23. The van der Waals surface area contributed by atoms with E-state index in [0.29, 0.717) is 17.3 Å². The summed E-state index contributed by atoms with van der Waals surface area (Å²) in [4.78, 5) is 14.7. The fourth-order valence-electron chi connectivity index (χ4n) is 2.27. The van der Waals surface area contributed by atoms with Gasteiger partial charge in [0, 0.05) is 18.3 Å². The van der Waals surface area contributed by atoms with Crippen LogP contribution in [0.3, 0.4) is 0 Å². The number of aryl methyl sites for hydroxylation is 1. The van der Waals surface area contributed by atoms with E-state index in [0.717, 1.165) is 26.1 Å². The smallest absolute Gasteiger partial charge is 0.314 e. The van der Waals surface area contributed by atoms with Crippen LogP contribution < -0.4 is 10.6 Å². The van der Waals surface area contributed by atoms with Gasteiger partial charge in [-0.2, -0.15) is 0 Å². The van der Waals surface area contributed by atoms with Crippen LogP contribution in [0.5, 0.6) is 0 Å². The van der Waals surface area contributed by atoms with Crippen molar-refractivity contribution in [2.24, 2.45) is 5.92 Å². The Morgan fingerprint density at radius 2 is 2.50 bits per heavy atom. The van der Waals surface area contributed by atoms with Crippen LogP contribution in [0.15, 0.2) is 12.3 Å². The Bertz CT molecular complexity index is 430. The molecule has 6 nitrogen and oxygen atoms in total. The van der Waals surface area contributed by atoms with Crippen LogP contribution in [-0.4, -0.2) is 29.5 Å². The molecule has 0 spiro atoms. The van der Waals surface area contributed by atoms with Gasteiger partial charge in [-0.05, 0) is 44.8 Å². The summed E-state index contributed by atoms with van der Waals surface area (Å²) < 4.78 is 0. The SMILES string of the molecule is Cc1ccnc(NCCC2CCNC2)c1[N+](=O)[O-]. The van der Waals surface area contributed by atoms with Crippen LogP contribution in [0.4, 0.5) is 11.5 Å². The van der Waals surface area contributed by atoms with Crippen LogP contribution in [-0.2, 0) is 0 Å². The van der Waals surface area contributed by atoms with Gasteiger partial charge in [0.1, 0.15) is 0 Å². The van der Waals surface area contributed by atoms with Gasteiger partial charge in [-0.15, -0.1) is 0 Å². The molecule has 1 aliphatic rings. The van der Waals surface area contributed by atoms with E-state index in [-0.39, 0.29) is 10.6 Å². The number of nitrogens with zero attached hydrogens (tertiary/aromatic N) is 2. The minimum absolute atomic E-state index is 0.0852. The van der Waals surface area contributed by atoms with E-state index in [1.807, 2.05) is 0 Å². The van der Waals surface area contributed by atoms with Crippen molar-refractivity contribution in [2.75, 3.05) is 25.0 Å². The Hall–Kier alpha value is -1.69. The van der Waals surface area contributed by atoms with Gasteiger partial charge in [-0.25, -0.2) is 4.98 Å². The standard InChI is InChI=1S/C12H18N4O2/c1-9-2-6-14-12(11(9)16(17)18)15-7-4-10-3-5-13-8-10/h2,6,10,13H,3-5,7-8H2,1H3,(H,14,15). The molecule has 1 aliphatic heterocycles. The van der Waals surface area contributed by atoms with E-state index in [9.17, 15) is 10.1 Å². The van der Waals surface area contributed by atoms with Gasteiger partial charge in [0.15, 0.2) is 0 Å². The van der Waals surface area contributed by atoms with Crippen molar-refractivity contribution in [3.63, 3.8) is 0 Å². The van der Waals surface area contributed by atoms with E-state index >= 15 is 0 Å². The average Bonchev–Trinajstić information content (AvgIpc) is 2.81. The van der Waals surface area contributed by atoms with Gasteiger partial charge < -0.3 is 10.6 Å². The molecule has 1 aromatic heterocycles. The highest BCUT2D eigenvalue weighted by atomic mass is 16.6. The van der Waals surface area contributed by atoms with E-state index in [2.05, 4.69) is 15.6 Å². The minimum atomic E-state index is -0.373. The lowest BCUT2D eigenvalue weighted by atomic mass is 10.1. The molecular formula is C12H18N4O2. The van der Waals surface area contributed by atoms with Crippen LogP contribution >= 0.6 is 0 Å². The third kappa shape index (κ3) is 2.95. The molecule has 1 fully saturated rings. The molecule has 0 bridgehead atoms. The number of hydrogen-bond acceptors (Lipinski definition) is 5. The van der Waals surface area contributed by atoms with E-state index < -0.39 is 0 Å². The Kier molecular flexibility index (Phi) is 4.09. The molecule has 18 heavy (non-hydrogen) atoms. The topological polar surface area (TPSA) is 80.1 Å². The van der Waals surface area contributed by atoms with Crippen molar-refractivity contribution in [3.05, 3.63) is 27.9 Å². The second-order valence-corrected chi connectivity index (χ2v) is 4.66. The molecule has 2 heterocycles. The lowest BCUT2D eigenvalue weighted by Crippen LogP contribution is -2.14. The molecule has 2 rings (SSSR count). The van der Waals surface area contributed by atoms with Crippen LogP contribution in [0, 0.1) is 23.0 Å². The van der Waals surface area contributed by atoms with E-state index in [1.54, 1.807) is 19.2 Å². The average molecular weight is 250 g/mol. The fourth-order valence-corrected chi connectivity index (χ4v) is 2.27. The second-order valence-electron chi connectivity index (χ2n) is 4.66. The highest BCUT2D eigenvalue weighted by Crippen LogP contribution is 2.25. The predicted molar refractivity (Wildman–Crippen MR) is 69.7 cm³/mol. The van der Waals surface area contributed by atoms with Gasteiger partial charge in [-0.1, -0.05) is 0 Å². The highest BCUT2D eigenvalue weighted by Gasteiger charge is 2.19. The monoisotopic (exact) mass is 250 g/mol. The maximum Gasteiger partial charge on any atom is 0.314 e. The quantitative estimate of drug-likeness (QED) is 0.614. The zero-order chi connectivity index (χ0) is 13.0. The van der Waals surface area contributed by atoms with Gasteiger partial charge in [0.25, 0.3) is 0 Å². The van der Waals surface area contributed by atoms with Crippen LogP contribution in [0.2, 0.25) is 0 Å². The maximum atomic E-state index is 11.0. The van der Waals surface area contributed by atoms with Crippen LogP contribution in [0.1, 0.15) is 18.4 Å². The largest absolute Gasteiger partial charge is 0.364 e. The Labute approximate surface area is 106 Å². The Morgan fingerprint density at radius 3 is 3.17 bits per heavy atom. The van der Waals surface area contributed by atoms with Crippen LogP contribution in [0.25, 0.3) is 0 Å². The molecule has 0 saturated carbocycles. The Balaban J connectivity index is 1.96. The van der Waals surface area contributed by atoms with Gasteiger partial charge in [0.05, 0.1) is 4.92 Å². The van der Waals surface area contributed by atoms with Gasteiger partial charge in [-0.3, -0.25) is 10.1 Å². The zero-order valence-corrected chi connectivity index (χ0v) is 10.5. The summed E-state index contributed by atoms with van der Waals surface area (Å²) in [7, 11) is 0. The van der Waals surface area contributed by atoms with Crippen molar-refractivity contribution in [3.8, 4) is 0 Å². The summed E-state index contributed by atoms with van der Waals surface area (Å²) in [5, 5.41) is 17.4. The lowest BCUT2D eigenvalue weighted by Gasteiger charge is -2.10. The first-order chi connectivity index (χ1) is 8.68. The molecule has 0 aromatic carbocycles. The number of pyridine rings is 1. The maximum absolute atomic E-state index is 11.0. The molecule has 1 unspecified atom stereocenters. The molecule has 0 aliphatic carbocycles. The normalized spacial score (nSPS) is 18.8. The molecular weight excluding hydrogens is 232 g/mol. The second kappa shape index (κ2) is 5.77. The molecule has 0 amide bonds. The number of nitrogens with one attached hydrogen (secondary N) is 2. The van der Waals surface area contributed by atoms with Crippen molar-refractivity contribution >= 4 is 11.5 Å². The third-order valence-corrected chi connectivity index (χ3v) is 3.32. The summed E-state index contributed by atoms with van der Waals surface area (Å²) in [6.45, 7) is 4.58. The van der Waals surface area contributed by atoms with Gasteiger partial charge in [0.2, 0.25) is 5.82 Å². The highest BCUT2D eigenvalue weighted by molar-refractivity contribution is 5.59. The molecule has 6 heteroatoms. The predicted octanol–water partition coefficient (Wildman–Crippen LogP) is 1.71. The van der Waals surface area contributed by atoms with Crippen molar-refractivity contribution in [2.45, 2.75) is 19.8 Å². The lowest BCUT2D eigenvalue weighted by molar-refractivity contribution is -0.384. The number of hydrogen-bond donors (Lipinski definition) is 2. The number of nitro groups is 1. The first kappa shape index (κ1) is 12.8. The van der Waals surface area contributed by atoms with E-state index in [1.165, 1.54) is 6.42 Å². The molecule has 2 N–H and O–H groups in total. The van der Waals surface area contributed by atoms with E-state index in [4.69, 9.17) is 0 Å². The fraction of sp³-hybridized carbons (Fsp3) is 0.583. The van der Waals surface area contributed by atoms with Gasteiger partial charge >= 0.3 is 5.69 Å². The summed E-state index contributed by atoms with van der Waals surface area (Å²) in [6, 6.07) is 1.66. The number of rotatable bonds is 5. The summed E-state index contributed by atoms with van der Waals surface area (Å²) in [6.07, 6.45) is 3.80. The minimum Gasteiger partial charge on any atom is -0.364 e. The molecule has 1 saturated heterocycles. The molecule has 98 valence electrons. The molecule has 1 aromatic rings. The number of anilines is 1. The third-order valence-electron chi connectivity index (χ3n) is 3.32. The Morgan fingerprint density at radius 1 is 1.67 bits per heavy atom. The first-order valence-electron chi connectivity index (χ1n) is 6.23. The molecule has 1 atom stereocenters. The van der Waals surface area contributed by atoms with Crippen molar-refractivity contribution in [1.29, 1.82) is 0 Å². The summed E-state index contributed by atoms with van der Waals surface area (Å²) in [5.41, 5.74) is 0.724.